The number of likely N-dealkylation sites (N-methyl/N-ethyl adjacent to an activating group) is 1. The number of rotatable bonds is 9. The molecule has 15 heteroatoms. The van der Waals surface area contributed by atoms with Crippen LogP contribution < -0.4 is 20.0 Å². The number of piperazine rings is 1. The molecule has 1 aromatic heterocycles. The molecule has 0 spiro atoms. The van der Waals surface area contributed by atoms with E-state index in [2.05, 4.69) is 27.6 Å². The van der Waals surface area contributed by atoms with E-state index in [9.17, 15) is 22.8 Å². The molecule has 1 atom stereocenters. The van der Waals surface area contributed by atoms with Crippen molar-refractivity contribution >= 4 is 38.7 Å². The van der Waals surface area contributed by atoms with E-state index in [4.69, 9.17) is 13.9 Å². The first-order valence-electron chi connectivity index (χ1n) is 18.5. The van der Waals surface area contributed by atoms with Gasteiger partial charge in [0.2, 0.25) is 0 Å². The van der Waals surface area contributed by atoms with Crippen LogP contribution in [0.3, 0.4) is 0 Å². The molecule has 13 nitrogen and oxygen atoms in total. The fraction of sp³-hybridized carbons (Fsp3) is 0.553. The second kappa shape index (κ2) is 13.7. The molecule has 2 bridgehead atoms. The first-order valence-corrected chi connectivity index (χ1v) is 20.0. The molecule has 8 rings (SSSR count). The van der Waals surface area contributed by atoms with Crippen molar-refractivity contribution in [1.29, 1.82) is 0 Å². The third-order valence-electron chi connectivity index (χ3n) is 11.8. The van der Waals surface area contributed by atoms with Gasteiger partial charge in [-0.3, -0.25) is 14.5 Å². The zero-order chi connectivity index (χ0) is 37.3. The fourth-order valence-electron chi connectivity index (χ4n) is 8.81. The molecule has 4 aliphatic heterocycles. The summed E-state index contributed by atoms with van der Waals surface area (Å²) < 4.78 is 63.5. The number of carbonyl (C=O) groups excluding carboxylic acids is 2. The summed E-state index contributed by atoms with van der Waals surface area (Å²) in [5.41, 5.74) is 3.38. The molecule has 284 valence electrons. The Bertz CT molecular complexity index is 2150. The van der Waals surface area contributed by atoms with Gasteiger partial charge in [-0.15, -0.1) is 0 Å². The smallest absolute Gasteiger partial charge is 0.341 e. The molecule has 5 aliphatic rings. The lowest BCUT2D eigenvalue weighted by Crippen LogP contribution is -2.53. The number of anilines is 1. The number of nitrogens with one attached hydrogen (secondary N) is 1. The van der Waals surface area contributed by atoms with Crippen LogP contribution in [0.25, 0.3) is 11.0 Å². The van der Waals surface area contributed by atoms with Crippen molar-refractivity contribution in [2.45, 2.75) is 89.6 Å². The molecule has 2 amide bonds. The van der Waals surface area contributed by atoms with Gasteiger partial charge >= 0.3 is 15.8 Å². The Kier molecular flexibility index (Phi) is 9.27. The summed E-state index contributed by atoms with van der Waals surface area (Å²) in [5.74, 6) is -3.18. The van der Waals surface area contributed by atoms with E-state index in [1.807, 2.05) is 13.8 Å². The molecule has 3 aromatic rings. The van der Waals surface area contributed by atoms with Gasteiger partial charge in [0.05, 0.1) is 42.0 Å². The third-order valence-corrected chi connectivity index (χ3v) is 13.4. The highest BCUT2D eigenvalue weighted by molar-refractivity contribution is 7.87. The van der Waals surface area contributed by atoms with E-state index < -0.39 is 39.2 Å². The highest BCUT2D eigenvalue weighted by Gasteiger charge is 2.47. The Hall–Kier alpha value is -4.05. The molecular weight excluding hydrogens is 706 g/mol. The molecule has 0 unspecified atom stereocenters. The predicted octanol–water partition coefficient (Wildman–Crippen LogP) is 3.66. The van der Waals surface area contributed by atoms with Crippen molar-refractivity contribution in [2.75, 3.05) is 51.8 Å². The van der Waals surface area contributed by atoms with Gasteiger partial charge < -0.3 is 23.7 Å². The summed E-state index contributed by atoms with van der Waals surface area (Å²) in [4.78, 5) is 46.9. The quantitative estimate of drug-likeness (QED) is 0.322. The van der Waals surface area contributed by atoms with Crippen molar-refractivity contribution in [3.05, 3.63) is 67.8 Å². The van der Waals surface area contributed by atoms with Gasteiger partial charge in [-0.1, -0.05) is 0 Å². The fourth-order valence-corrected chi connectivity index (χ4v) is 10.5. The Morgan fingerprint density at radius 1 is 1.00 bits per heavy atom. The minimum absolute atomic E-state index is 0.0826. The van der Waals surface area contributed by atoms with E-state index in [-0.39, 0.29) is 48.4 Å². The van der Waals surface area contributed by atoms with Crippen molar-refractivity contribution in [2.24, 2.45) is 0 Å². The van der Waals surface area contributed by atoms with Crippen LogP contribution in [0.2, 0.25) is 0 Å². The monoisotopic (exact) mass is 751 g/mol. The summed E-state index contributed by atoms with van der Waals surface area (Å²) in [5, 5.41) is 0.856. The van der Waals surface area contributed by atoms with Crippen LogP contribution in [0, 0.1) is 19.7 Å². The average molecular weight is 752 g/mol. The lowest BCUT2D eigenvalue weighted by Gasteiger charge is -2.41. The Morgan fingerprint density at radius 2 is 1.70 bits per heavy atom. The normalized spacial score (nSPS) is 23.5. The zero-order valence-electron chi connectivity index (χ0n) is 30.6. The molecule has 1 N–H and O–H groups in total. The van der Waals surface area contributed by atoms with Gasteiger partial charge in [-0.2, -0.15) is 12.7 Å². The number of carbonyl (C=O) groups is 2. The molecular formula is C38H46FN5O8S. The molecule has 3 saturated heterocycles. The largest absolute Gasteiger partial charge is 0.486 e. The van der Waals surface area contributed by atoms with Gasteiger partial charge in [0.25, 0.3) is 11.8 Å². The zero-order valence-corrected chi connectivity index (χ0v) is 31.4. The van der Waals surface area contributed by atoms with Crippen LogP contribution in [0.1, 0.15) is 81.5 Å². The molecule has 0 radical (unpaired) electrons. The molecule has 1 aliphatic carbocycles. The van der Waals surface area contributed by atoms with Crippen LogP contribution in [0.15, 0.2) is 27.4 Å². The maximum Gasteiger partial charge on any atom is 0.341 e. The summed E-state index contributed by atoms with van der Waals surface area (Å²) in [7, 11) is -0.370. The number of halogens is 1. The summed E-state index contributed by atoms with van der Waals surface area (Å²) in [6, 6.07) is 4.48. The van der Waals surface area contributed by atoms with E-state index in [1.165, 1.54) is 21.3 Å². The highest BCUT2D eigenvalue weighted by atomic mass is 32.2. The summed E-state index contributed by atoms with van der Waals surface area (Å²) in [6.45, 7) is 7.18. The minimum atomic E-state index is -4.16. The van der Waals surface area contributed by atoms with Gasteiger partial charge in [0, 0.05) is 62.0 Å². The second-order valence-corrected chi connectivity index (χ2v) is 16.8. The van der Waals surface area contributed by atoms with E-state index >= 15 is 4.39 Å². The first kappa shape index (κ1) is 36.0. The van der Waals surface area contributed by atoms with Crippen LogP contribution in [-0.2, 0) is 27.9 Å². The number of hydrogen-bond acceptors (Lipinski definition) is 10. The third kappa shape index (κ3) is 6.38. The van der Waals surface area contributed by atoms with Gasteiger partial charge in [0.15, 0.2) is 11.6 Å². The van der Waals surface area contributed by atoms with Crippen molar-refractivity contribution in [3.8, 4) is 5.75 Å². The van der Waals surface area contributed by atoms with Gasteiger partial charge in [-0.05, 0) is 95.2 Å². The minimum Gasteiger partial charge on any atom is -0.486 e. The molecule has 4 fully saturated rings. The molecule has 1 saturated carbocycles. The second-order valence-electron chi connectivity index (χ2n) is 15.3. The summed E-state index contributed by atoms with van der Waals surface area (Å²) in [6.07, 6.45) is 4.27. The number of aryl methyl sites for hydroxylation is 2. The maximum absolute atomic E-state index is 16.3. The maximum atomic E-state index is 16.3. The summed E-state index contributed by atoms with van der Waals surface area (Å²) >= 11 is 0. The molecule has 53 heavy (non-hydrogen) atoms. The van der Waals surface area contributed by atoms with Crippen LogP contribution >= 0.6 is 0 Å². The highest BCUT2D eigenvalue weighted by Crippen LogP contribution is 2.40. The van der Waals surface area contributed by atoms with Crippen LogP contribution in [-0.4, -0.2) is 106 Å². The van der Waals surface area contributed by atoms with Gasteiger partial charge in [0.1, 0.15) is 5.58 Å². The Labute approximate surface area is 308 Å². The van der Waals surface area contributed by atoms with Gasteiger partial charge in [-0.25, -0.2) is 13.9 Å². The SMILES string of the molecule is COC[C@H]1CN(c2cc(C)c3c4c(c(=O)oc3c2C)CN(C(=O)c2ccc(C(=O)NS(=O)(=O)N3C5CCC3CC5)c(OC3CC3)c2F)CC4)CCN1C. The van der Waals surface area contributed by atoms with E-state index in [0.717, 1.165) is 73.1 Å². The number of amides is 2. The molecule has 2 aromatic carbocycles. The lowest BCUT2D eigenvalue weighted by atomic mass is 9.92. The Balaban J connectivity index is 1.06. The number of ether oxygens (including phenoxy) is 2. The van der Waals surface area contributed by atoms with Crippen molar-refractivity contribution in [1.82, 2.24) is 18.8 Å². The van der Waals surface area contributed by atoms with Crippen LogP contribution in [0.4, 0.5) is 10.1 Å². The standard InChI is InChI=1S/C38H46FN5O8S/c1-21-17-31(42-16-15-41(3)25(18-42)20-50-4)22(2)34-32(21)27-13-14-43(19-30(27)38(47)52-34)37(46)28-11-12-29(35(33(28)39)51-26-9-10-26)36(45)40-53(48,49)44-23-5-6-24(44)8-7-23/h11-12,17,23-26H,5-10,13-16,18-20H2,1-4H3,(H,40,45)/t23?,24?,25-/m1/s1. The topological polar surface area (TPSA) is 142 Å². The average Bonchev–Trinajstić information content (AvgIpc) is 3.72. The predicted molar refractivity (Wildman–Crippen MR) is 195 cm³/mol. The number of fused-ring (bicyclic) bond motifs is 5. The number of nitrogens with zero attached hydrogens (tertiary/aromatic N) is 4. The number of benzene rings is 2. The molecule has 5 heterocycles. The number of methoxy groups -OCH3 is 1. The van der Waals surface area contributed by atoms with Crippen LogP contribution in [0.5, 0.6) is 5.75 Å². The Morgan fingerprint density at radius 3 is 2.38 bits per heavy atom. The van der Waals surface area contributed by atoms with Crippen molar-refractivity contribution in [3.63, 3.8) is 0 Å². The van der Waals surface area contributed by atoms with E-state index in [0.29, 0.717) is 37.0 Å². The first-order chi connectivity index (χ1) is 25.4. The lowest BCUT2D eigenvalue weighted by molar-refractivity contribution is 0.0726. The van der Waals surface area contributed by atoms with Crippen molar-refractivity contribution < 1.29 is 36.3 Å². The number of hydrogen-bond donors (Lipinski definition) is 1. The van der Waals surface area contributed by atoms with E-state index in [1.54, 1.807) is 7.11 Å².